The molecule has 1 aromatic rings. The zero-order valence-corrected chi connectivity index (χ0v) is 10.8. The molecule has 0 bridgehead atoms. The van der Waals surface area contributed by atoms with Gasteiger partial charge >= 0.3 is 5.97 Å². The van der Waals surface area contributed by atoms with E-state index >= 15 is 0 Å². The van der Waals surface area contributed by atoms with Crippen molar-refractivity contribution in [2.24, 2.45) is 11.8 Å². The predicted molar refractivity (Wildman–Crippen MR) is 68.9 cm³/mol. The van der Waals surface area contributed by atoms with Gasteiger partial charge in [0.15, 0.2) is 0 Å². The van der Waals surface area contributed by atoms with Gasteiger partial charge in [0.2, 0.25) is 0 Å². The van der Waals surface area contributed by atoms with Gasteiger partial charge in [-0.1, -0.05) is 30.3 Å². The van der Waals surface area contributed by atoms with E-state index in [0.29, 0.717) is 25.0 Å². The van der Waals surface area contributed by atoms with Crippen molar-refractivity contribution in [3.05, 3.63) is 35.9 Å². The molecule has 0 saturated heterocycles. The summed E-state index contributed by atoms with van der Waals surface area (Å²) in [7, 11) is 0. The average Bonchev–Trinajstić information content (AvgIpc) is 2.32. The molecule has 0 spiro atoms. The van der Waals surface area contributed by atoms with Crippen molar-refractivity contribution in [3.63, 3.8) is 0 Å². The largest absolute Gasteiger partial charge is 0.466 e. The Kier molecular flexibility index (Phi) is 4.76. The number of esters is 1. The highest BCUT2D eigenvalue weighted by atomic mass is 16.5. The molecule has 0 aromatic heterocycles. The highest BCUT2D eigenvalue weighted by Crippen LogP contribution is 2.34. The van der Waals surface area contributed by atoms with Gasteiger partial charge in [-0.3, -0.25) is 4.79 Å². The molecule has 1 fully saturated rings. The van der Waals surface area contributed by atoms with Crippen molar-refractivity contribution in [3.8, 4) is 0 Å². The van der Waals surface area contributed by atoms with Crippen molar-refractivity contribution in [1.82, 2.24) is 0 Å². The van der Waals surface area contributed by atoms with Gasteiger partial charge in [0.1, 0.15) is 0 Å². The van der Waals surface area contributed by atoms with Gasteiger partial charge in [0.25, 0.3) is 0 Å². The van der Waals surface area contributed by atoms with E-state index in [0.717, 1.165) is 19.4 Å². The lowest BCUT2D eigenvalue weighted by molar-refractivity contribution is -0.144. The summed E-state index contributed by atoms with van der Waals surface area (Å²) < 4.78 is 10.7. The van der Waals surface area contributed by atoms with E-state index in [2.05, 4.69) is 12.1 Å². The molecule has 3 nitrogen and oxygen atoms in total. The fraction of sp³-hybridized carbons (Fsp3) is 0.533. The number of carbonyl (C=O) groups excluding carboxylic acids is 1. The summed E-state index contributed by atoms with van der Waals surface area (Å²) in [5.74, 6) is 0.993. The van der Waals surface area contributed by atoms with Crippen LogP contribution in [0.1, 0.15) is 25.3 Å². The maximum Gasteiger partial charge on any atom is 0.302 e. The third-order valence-corrected chi connectivity index (χ3v) is 3.32. The number of benzene rings is 1. The van der Waals surface area contributed by atoms with Crippen molar-refractivity contribution in [2.75, 3.05) is 13.2 Å². The Morgan fingerprint density at radius 2 is 1.83 bits per heavy atom. The Morgan fingerprint density at radius 3 is 2.50 bits per heavy atom. The van der Waals surface area contributed by atoms with Crippen LogP contribution in [-0.2, 0) is 20.9 Å². The molecule has 0 atom stereocenters. The molecule has 0 amide bonds. The maximum absolute atomic E-state index is 10.7. The second kappa shape index (κ2) is 6.55. The lowest BCUT2D eigenvalue weighted by Crippen LogP contribution is -2.31. The summed E-state index contributed by atoms with van der Waals surface area (Å²) in [5.41, 5.74) is 1.22. The van der Waals surface area contributed by atoms with Gasteiger partial charge in [-0.05, 0) is 30.2 Å². The van der Waals surface area contributed by atoms with Crippen LogP contribution in [0.4, 0.5) is 0 Å². The first-order valence-corrected chi connectivity index (χ1v) is 6.49. The Hall–Kier alpha value is -1.35. The molecule has 1 aromatic carbocycles. The first kappa shape index (κ1) is 13.1. The molecular formula is C15H20O3. The minimum atomic E-state index is -0.182. The quantitative estimate of drug-likeness (QED) is 0.726. The SMILES string of the molecule is CC(=O)OC[C@H]1C[C@H](COCc2ccccc2)C1. The highest BCUT2D eigenvalue weighted by molar-refractivity contribution is 5.65. The van der Waals surface area contributed by atoms with Crippen molar-refractivity contribution < 1.29 is 14.3 Å². The summed E-state index contributed by atoms with van der Waals surface area (Å²) in [6.07, 6.45) is 2.23. The van der Waals surface area contributed by atoms with Gasteiger partial charge in [-0.25, -0.2) is 0 Å². The summed E-state index contributed by atoms with van der Waals surface area (Å²) in [6.45, 7) is 3.53. The Morgan fingerprint density at radius 1 is 1.17 bits per heavy atom. The molecule has 98 valence electrons. The lowest BCUT2D eigenvalue weighted by Gasteiger charge is -2.34. The van der Waals surface area contributed by atoms with Crippen LogP contribution in [0.3, 0.4) is 0 Å². The third-order valence-electron chi connectivity index (χ3n) is 3.32. The van der Waals surface area contributed by atoms with Crippen LogP contribution >= 0.6 is 0 Å². The Balaban J connectivity index is 1.54. The van der Waals surface area contributed by atoms with Crippen LogP contribution in [0.2, 0.25) is 0 Å². The van der Waals surface area contributed by atoms with Gasteiger partial charge in [0, 0.05) is 13.5 Å². The number of hydrogen-bond donors (Lipinski definition) is 0. The van der Waals surface area contributed by atoms with E-state index in [1.54, 1.807) is 0 Å². The van der Waals surface area contributed by atoms with E-state index in [1.807, 2.05) is 18.2 Å². The average molecular weight is 248 g/mol. The molecule has 0 aliphatic heterocycles. The second-order valence-corrected chi connectivity index (χ2v) is 5.01. The lowest BCUT2D eigenvalue weighted by atomic mass is 9.76. The zero-order chi connectivity index (χ0) is 12.8. The Bertz CT molecular complexity index is 369. The number of ether oxygens (including phenoxy) is 2. The van der Waals surface area contributed by atoms with Crippen LogP contribution in [0, 0.1) is 11.8 Å². The summed E-state index contributed by atoms with van der Waals surface area (Å²) in [5, 5.41) is 0. The third kappa shape index (κ3) is 4.15. The second-order valence-electron chi connectivity index (χ2n) is 5.01. The number of hydrogen-bond acceptors (Lipinski definition) is 3. The molecule has 2 rings (SSSR count). The first-order valence-electron chi connectivity index (χ1n) is 6.49. The standard InChI is InChI=1S/C15H20O3/c1-12(16)18-11-15-7-14(8-15)10-17-9-13-5-3-2-4-6-13/h2-6,14-15H,7-11H2,1H3/t14-,15-. The van der Waals surface area contributed by atoms with E-state index in [-0.39, 0.29) is 5.97 Å². The highest BCUT2D eigenvalue weighted by Gasteiger charge is 2.29. The van der Waals surface area contributed by atoms with Gasteiger partial charge in [-0.2, -0.15) is 0 Å². The molecular weight excluding hydrogens is 228 g/mol. The minimum Gasteiger partial charge on any atom is -0.466 e. The van der Waals surface area contributed by atoms with E-state index in [1.165, 1.54) is 12.5 Å². The van der Waals surface area contributed by atoms with E-state index in [9.17, 15) is 4.79 Å². The van der Waals surface area contributed by atoms with Gasteiger partial charge in [0.05, 0.1) is 13.2 Å². The van der Waals surface area contributed by atoms with Crippen molar-refractivity contribution >= 4 is 5.97 Å². The Labute approximate surface area is 108 Å². The molecule has 0 N–H and O–H groups in total. The van der Waals surface area contributed by atoms with Crippen molar-refractivity contribution in [1.29, 1.82) is 0 Å². The summed E-state index contributed by atoms with van der Waals surface area (Å²) in [6, 6.07) is 10.2. The molecule has 1 saturated carbocycles. The smallest absolute Gasteiger partial charge is 0.302 e. The molecule has 0 heterocycles. The molecule has 0 unspecified atom stereocenters. The van der Waals surface area contributed by atoms with Crippen LogP contribution in [-0.4, -0.2) is 19.2 Å². The summed E-state index contributed by atoms with van der Waals surface area (Å²) >= 11 is 0. The van der Waals surface area contributed by atoms with Crippen molar-refractivity contribution in [2.45, 2.75) is 26.4 Å². The van der Waals surface area contributed by atoms with Gasteiger partial charge < -0.3 is 9.47 Å². The normalized spacial score (nSPS) is 22.3. The van der Waals surface area contributed by atoms with E-state index < -0.39 is 0 Å². The predicted octanol–water partition coefficient (Wildman–Crippen LogP) is 2.79. The topological polar surface area (TPSA) is 35.5 Å². The van der Waals surface area contributed by atoms with Crippen LogP contribution < -0.4 is 0 Å². The molecule has 3 heteroatoms. The minimum absolute atomic E-state index is 0.182. The molecule has 1 aliphatic rings. The van der Waals surface area contributed by atoms with Crippen LogP contribution in [0.5, 0.6) is 0 Å². The molecule has 18 heavy (non-hydrogen) atoms. The fourth-order valence-electron chi connectivity index (χ4n) is 2.30. The van der Waals surface area contributed by atoms with Crippen LogP contribution in [0.15, 0.2) is 30.3 Å². The fourth-order valence-corrected chi connectivity index (χ4v) is 2.30. The monoisotopic (exact) mass is 248 g/mol. The maximum atomic E-state index is 10.7. The van der Waals surface area contributed by atoms with E-state index in [4.69, 9.17) is 9.47 Å². The number of carbonyl (C=O) groups is 1. The van der Waals surface area contributed by atoms with Gasteiger partial charge in [-0.15, -0.1) is 0 Å². The summed E-state index contributed by atoms with van der Waals surface area (Å²) in [4.78, 5) is 10.7. The zero-order valence-electron chi connectivity index (χ0n) is 10.8. The molecule has 0 radical (unpaired) electrons. The van der Waals surface area contributed by atoms with Crippen LogP contribution in [0.25, 0.3) is 0 Å². The first-order chi connectivity index (χ1) is 8.74. The molecule has 1 aliphatic carbocycles. The number of rotatable bonds is 6.